The molecule has 0 spiro atoms. The molecule has 1 amide bonds. The Morgan fingerprint density at radius 1 is 0.973 bits per heavy atom. The first kappa shape index (κ1) is 24.9. The van der Waals surface area contributed by atoms with Crippen LogP contribution >= 0.6 is 34.4 Å². The van der Waals surface area contributed by atoms with Crippen molar-refractivity contribution in [2.24, 2.45) is 0 Å². The molecule has 0 aliphatic rings. The highest BCUT2D eigenvalue weighted by atomic mass is 32.2. The molecule has 2 N–H and O–H groups in total. The number of thiophene rings is 2. The number of nitrogens with one attached hydrogen (secondary N) is 2. The van der Waals surface area contributed by atoms with E-state index in [4.69, 9.17) is 4.74 Å². The topological polar surface area (TPSA) is 101 Å². The third kappa shape index (κ3) is 5.36. The van der Waals surface area contributed by atoms with Gasteiger partial charge in [0.1, 0.15) is 15.4 Å². The molecule has 0 saturated heterocycles. The monoisotopic (exact) mass is 547 g/mol. The molecule has 0 saturated carbocycles. The molecule has 5 aromatic rings. The average Bonchev–Trinajstić information content (AvgIpc) is 3.53. The molecule has 0 aliphatic heterocycles. The van der Waals surface area contributed by atoms with E-state index in [1.54, 1.807) is 6.92 Å². The number of nitrogens with zero attached hydrogens (tertiary/aromatic N) is 1. The van der Waals surface area contributed by atoms with Crippen molar-refractivity contribution in [1.82, 2.24) is 9.97 Å². The lowest BCUT2D eigenvalue weighted by Crippen LogP contribution is -2.17. The van der Waals surface area contributed by atoms with E-state index >= 15 is 0 Å². The smallest absolute Gasteiger partial charge is 0.341 e. The fourth-order valence-electron chi connectivity index (χ4n) is 3.81. The Balaban J connectivity index is 1.33. The van der Waals surface area contributed by atoms with Crippen molar-refractivity contribution in [3.8, 4) is 22.3 Å². The predicted molar refractivity (Wildman–Crippen MR) is 151 cm³/mol. The second-order valence-corrected chi connectivity index (χ2v) is 10.5. The number of benzene rings is 2. The van der Waals surface area contributed by atoms with E-state index in [0.29, 0.717) is 31.5 Å². The Bertz CT molecular complexity index is 1630. The van der Waals surface area contributed by atoms with Crippen molar-refractivity contribution >= 4 is 61.5 Å². The third-order valence-electron chi connectivity index (χ3n) is 5.46. The summed E-state index contributed by atoms with van der Waals surface area (Å²) in [6, 6.07) is 19.1. The highest BCUT2D eigenvalue weighted by Crippen LogP contribution is 2.36. The van der Waals surface area contributed by atoms with Gasteiger partial charge < -0.3 is 15.0 Å². The lowest BCUT2D eigenvalue weighted by Gasteiger charge is -2.09. The third-order valence-corrected chi connectivity index (χ3v) is 8.10. The number of hydrogen-bond acceptors (Lipinski definition) is 8. The van der Waals surface area contributed by atoms with Crippen LogP contribution in [0, 0.1) is 0 Å². The highest BCUT2D eigenvalue weighted by Gasteiger charge is 2.23. The molecule has 0 atom stereocenters. The fourth-order valence-corrected chi connectivity index (χ4v) is 6.45. The van der Waals surface area contributed by atoms with E-state index in [1.165, 1.54) is 22.7 Å². The van der Waals surface area contributed by atoms with Crippen molar-refractivity contribution < 1.29 is 14.3 Å². The van der Waals surface area contributed by atoms with E-state index in [9.17, 15) is 14.4 Å². The summed E-state index contributed by atoms with van der Waals surface area (Å²) < 4.78 is 5.25. The molecule has 2 aromatic carbocycles. The number of esters is 1. The molecule has 10 heteroatoms. The number of aromatic nitrogens is 2. The second kappa shape index (κ2) is 11.1. The lowest BCUT2D eigenvalue weighted by atomic mass is 10.0. The number of thioether (sulfide) groups is 1. The van der Waals surface area contributed by atoms with E-state index in [2.05, 4.69) is 15.3 Å². The predicted octanol–water partition coefficient (Wildman–Crippen LogP) is 6.29. The van der Waals surface area contributed by atoms with Gasteiger partial charge in [0.25, 0.3) is 5.56 Å². The van der Waals surface area contributed by atoms with Crippen molar-refractivity contribution in [3.63, 3.8) is 0 Å². The Kier molecular flexibility index (Phi) is 7.50. The van der Waals surface area contributed by atoms with E-state index < -0.39 is 5.97 Å². The number of ether oxygens (including phenoxy) is 1. The molecule has 3 aromatic heterocycles. The molecule has 3 heterocycles. The molecule has 0 radical (unpaired) electrons. The van der Waals surface area contributed by atoms with Crippen LogP contribution in [0.4, 0.5) is 5.00 Å². The van der Waals surface area contributed by atoms with Gasteiger partial charge in [-0.15, -0.1) is 22.7 Å². The normalized spacial score (nSPS) is 10.9. The molecule has 186 valence electrons. The first-order valence-electron chi connectivity index (χ1n) is 11.4. The van der Waals surface area contributed by atoms with E-state index in [-0.39, 0.29) is 23.8 Å². The molecule has 0 aliphatic carbocycles. The van der Waals surface area contributed by atoms with Crippen LogP contribution in [0.1, 0.15) is 17.3 Å². The summed E-state index contributed by atoms with van der Waals surface area (Å²) in [5.41, 5.74) is 3.43. The van der Waals surface area contributed by atoms with Crippen LogP contribution in [0.15, 0.2) is 81.4 Å². The number of carbonyl (C=O) groups is 2. The summed E-state index contributed by atoms with van der Waals surface area (Å²) in [4.78, 5) is 46.3. The minimum atomic E-state index is -0.492. The van der Waals surface area contributed by atoms with Crippen LogP contribution in [0.5, 0.6) is 0 Å². The van der Waals surface area contributed by atoms with Crippen LogP contribution < -0.4 is 10.9 Å². The van der Waals surface area contributed by atoms with Gasteiger partial charge in [0.2, 0.25) is 5.91 Å². The largest absolute Gasteiger partial charge is 0.462 e. The lowest BCUT2D eigenvalue weighted by molar-refractivity contribution is -0.113. The van der Waals surface area contributed by atoms with E-state index in [0.717, 1.165) is 28.5 Å². The average molecular weight is 548 g/mol. The minimum Gasteiger partial charge on any atom is -0.462 e. The Labute approximate surface area is 224 Å². The molecule has 37 heavy (non-hydrogen) atoms. The number of aromatic amines is 1. The van der Waals surface area contributed by atoms with Crippen molar-refractivity contribution in [2.75, 3.05) is 17.7 Å². The van der Waals surface area contributed by atoms with Gasteiger partial charge in [-0.05, 0) is 18.1 Å². The number of hydrogen-bond donors (Lipinski definition) is 2. The number of carbonyl (C=O) groups excluding carboxylic acids is 2. The molecule has 7 nitrogen and oxygen atoms in total. The highest BCUT2D eigenvalue weighted by molar-refractivity contribution is 7.99. The van der Waals surface area contributed by atoms with Gasteiger partial charge in [0.15, 0.2) is 5.16 Å². The first-order valence-corrected chi connectivity index (χ1v) is 14.1. The van der Waals surface area contributed by atoms with Gasteiger partial charge in [-0.3, -0.25) is 9.59 Å². The zero-order valence-corrected chi connectivity index (χ0v) is 22.1. The summed E-state index contributed by atoms with van der Waals surface area (Å²) in [5, 5.41) is 7.90. The Hall–Kier alpha value is -3.73. The van der Waals surface area contributed by atoms with Gasteiger partial charge >= 0.3 is 5.97 Å². The quantitative estimate of drug-likeness (QED) is 0.135. The van der Waals surface area contributed by atoms with Crippen LogP contribution in [-0.2, 0) is 9.53 Å². The van der Waals surface area contributed by atoms with Crippen LogP contribution in [-0.4, -0.2) is 34.2 Å². The molecular formula is C27H21N3O4S3. The zero-order chi connectivity index (χ0) is 25.8. The summed E-state index contributed by atoms with van der Waals surface area (Å²) in [5.74, 6) is -0.809. The van der Waals surface area contributed by atoms with Gasteiger partial charge in [0, 0.05) is 21.9 Å². The molecule has 0 fully saturated rings. The molecule has 0 unspecified atom stereocenters. The maximum atomic E-state index is 12.9. The fraction of sp³-hybridized carbons (Fsp3) is 0.111. The van der Waals surface area contributed by atoms with E-state index in [1.807, 2.05) is 71.4 Å². The summed E-state index contributed by atoms with van der Waals surface area (Å²) in [6.07, 6.45) is 0. The standard InChI is InChI=1S/C27H21N3O4S3/c1-2-34-26(33)22-19(17-11-7-4-8-12-17)14-36-25(22)28-20(31)15-37-27-29-23(32)21-18(13-35-24(21)30-27)16-9-5-3-6-10-16/h3-14H,2,15H2,1H3,(H,28,31)(H,29,30,32). The zero-order valence-electron chi connectivity index (χ0n) is 19.6. The van der Waals surface area contributed by atoms with Crippen LogP contribution in [0.2, 0.25) is 0 Å². The molecule has 5 rings (SSSR count). The Morgan fingerprint density at radius 2 is 1.62 bits per heavy atom. The number of rotatable bonds is 8. The SMILES string of the molecule is CCOC(=O)c1c(-c2ccccc2)csc1NC(=O)CSc1nc2scc(-c3ccccc3)c2c(=O)[nH]1. The van der Waals surface area contributed by atoms with Gasteiger partial charge in [0.05, 0.1) is 17.7 Å². The summed E-state index contributed by atoms with van der Waals surface area (Å²) in [6.45, 7) is 1.96. The van der Waals surface area contributed by atoms with Gasteiger partial charge in [-0.1, -0.05) is 72.4 Å². The number of H-pyrrole nitrogens is 1. The molecule has 0 bridgehead atoms. The van der Waals surface area contributed by atoms with Crippen molar-refractivity contribution in [1.29, 1.82) is 0 Å². The summed E-state index contributed by atoms with van der Waals surface area (Å²) >= 11 is 3.78. The maximum absolute atomic E-state index is 12.9. The van der Waals surface area contributed by atoms with Crippen LogP contribution in [0.25, 0.3) is 32.5 Å². The van der Waals surface area contributed by atoms with Gasteiger partial charge in [-0.2, -0.15) is 0 Å². The molecular weight excluding hydrogens is 527 g/mol. The van der Waals surface area contributed by atoms with Crippen LogP contribution in [0.3, 0.4) is 0 Å². The maximum Gasteiger partial charge on any atom is 0.341 e. The first-order chi connectivity index (χ1) is 18.0. The van der Waals surface area contributed by atoms with Crippen molar-refractivity contribution in [2.45, 2.75) is 12.1 Å². The Morgan fingerprint density at radius 3 is 2.30 bits per heavy atom. The number of amides is 1. The number of fused-ring (bicyclic) bond motifs is 1. The minimum absolute atomic E-state index is 0.00615. The summed E-state index contributed by atoms with van der Waals surface area (Å²) in [7, 11) is 0. The second-order valence-electron chi connectivity index (χ2n) is 7.84. The van der Waals surface area contributed by atoms with Crippen molar-refractivity contribution in [3.05, 3.63) is 87.3 Å². The number of anilines is 1. The van der Waals surface area contributed by atoms with Gasteiger partial charge in [-0.25, -0.2) is 9.78 Å².